The molecular weight excluding hydrogens is 498 g/mol. The van der Waals surface area contributed by atoms with E-state index in [1.165, 1.54) is 11.8 Å². The molecule has 0 aliphatic carbocycles. The Morgan fingerprint density at radius 3 is 2.61 bits per heavy atom. The number of carbonyl (C=O) groups is 1. The van der Waals surface area contributed by atoms with Crippen LogP contribution in [0.5, 0.6) is 11.5 Å². The number of hydrogen-bond acceptors (Lipinski definition) is 7. The molecule has 0 spiro atoms. The summed E-state index contributed by atoms with van der Waals surface area (Å²) >= 11 is 6.58. The summed E-state index contributed by atoms with van der Waals surface area (Å²) < 4.78 is 16.9. The van der Waals surface area contributed by atoms with Gasteiger partial charge in [0.1, 0.15) is 6.61 Å². The lowest BCUT2D eigenvalue weighted by Crippen LogP contribution is -2.38. The zero-order valence-corrected chi connectivity index (χ0v) is 23.0. The van der Waals surface area contributed by atoms with Crippen molar-refractivity contribution in [3.63, 3.8) is 0 Å². The third-order valence-corrected chi connectivity index (χ3v) is 6.80. The average molecular weight is 536 g/mol. The topological polar surface area (TPSA) is 63.6 Å². The van der Waals surface area contributed by atoms with Crippen LogP contribution in [0.2, 0.25) is 0 Å². The van der Waals surface area contributed by atoms with E-state index >= 15 is 0 Å². The van der Waals surface area contributed by atoms with Gasteiger partial charge in [0.15, 0.2) is 11.5 Å². The molecule has 1 aromatic carbocycles. The third-order valence-electron chi connectivity index (χ3n) is 5.53. The first-order valence-corrected chi connectivity index (χ1v) is 13.7. The van der Waals surface area contributed by atoms with Gasteiger partial charge in [-0.25, -0.2) is 0 Å². The highest BCUT2D eigenvalue weighted by Crippen LogP contribution is 2.36. The Balaban J connectivity index is 0.00000106. The predicted molar refractivity (Wildman–Crippen MR) is 152 cm³/mol. The van der Waals surface area contributed by atoms with Crippen LogP contribution in [-0.4, -0.2) is 82.3 Å². The van der Waals surface area contributed by atoms with Crippen molar-refractivity contribution >= 4 is 41.7 Å². The molecule has 1 amide bonds. The number of benzene rings is 1. The predicted octanol–water partition coefficient (Wildman–Crippen LogP) is 5.17. The number of alkyl halides is 1. The molecular formula is C27H38ClN3O4S. The van der Waals surface area contributed by atoms with Crippen molar-refractivity contribution < 1.29 is 19.0 Å². The molecule has 2 aliphatic rings. The smallest absolute Gasteiger partial charge is 0.266 e. The first-order valence-electron chi connectivity index (χ1n) is 12.2. The molecule has 1 saturated heterocycles. The van der Waals surface area contributed by atoms with E-state index in [1.54, 1.807) is 18.1 Å². The van der Waals surface area contributed by atoms with E-state index in [-0.39, 0.29) is 5.91 Å². The molecule has 0 radical (unpaired) electrons. The highest BCUT2D eigenvalue weighted by molar-refractivity contribution is 8.04. The number of nitrogens with zero attached hydrogens (tertiary/aromatic N) is 3. The van der Waals surface area contributed by atoms with Crippen molar-refractivity contribution in [2.75, 3.05) is 69.6 Å². The van der Waals surface area contributed by atoms with E-state index in [0.29, 0.717) is 41.9 Å². The Morgan fingerprint density at radius 1 is 1.22 bits per heavy atom. The minimum Gasteiger partial charge on any atom is -0.493 e. The highest BCUT2D eigenvalue weighted by Gasteiger charge is 2.28. The number of aliphatic imine (C=N–C) groups is 1. The second-order valence-corrected chi connectivity index (χ2v) is 9.25. The molecule has 198 valence electrons. The van der Waals surface area contributed by atoms with E-state index in [9.17, 15) is 4.79 Å². The molecule has 0 saturated carbocycles. The number of halogens is 1. The summed E-state index contributed by atoms with van der Waals surface area (Å²) in [6, 6.07) is 5.66. The lowest BCUT2D eigenvalue weighted by atomic mass is 10.1. The number of carbonyl (C=O) groups excluding carboxylic acids is 1. The van der Waals surface area contributed by atoms with E-state index in [1.807, 2.05) is 18.2 Å². The van der Waals surface area contributed by atoms with Crippen molar-refractivity contribution in [3.05, 3.63) is 53.6 Å². The molecule has 1 fully saturated rings. The Hall–Kier alpha value is -2.26. The first kappa shape index (κ1) is 30.0. The molecule has 36 heavy (non-hydrogen) atoms. The SMILES string of the molecule is C=CCCl.C=NC1=C(SC/C=C/CC)C(=O)N(c2ccc(OCCN3CCOCC3)c(OC)c2)CC1. The molecule has 2 aliphatic heterocycles. The normalized spacial score (nSPS) is 16.5. The molecule has 3 rings (SSSR count). The van der Waals surface area contributed by atoms with Gasteiger partial charge in [-0.05, 0) is 25.3 Å². The second kappa shape index (κ2) is 17.2. The molecule has 9 heteroatoms. The number of amides is 1. The summed E-state index contributed by atoms with van der Waals surface area (Å²) in [4.78, 5) is 22.1. The standard InChI is InChI=1S/C24H33N3O4S.C3H5Cl/c1-4-5-6-17-32-23-20(25-2)9-10-27(24(23)28)19-7-8-21(22(18-19)29-3)31-16-13-26-11-14-30-15-12-26;1-2-3-4/h5-8,18H,2,4,9-17H2,1,3H3;2H,1,3H2/b6-5+;. The Kier molecular flexibility index (Phi) is 14.4. The summed E-state index contributed by atoms with van der Waals surface area (Å²) in [6.07, 6.45) is 7.47. The van der Waals surface area contributed by atoms with Crippen LogP contribution in [0.3, 0.4) is 0 Å². The maximum Gasteiger partial charge on any atom is 0.266 e. The maximum atomic E-state index is 13.2. The van der Waals surface area contributed by atoms with Crippen LogP contribution in [0.1, 0.15) is 19.8 Å². The zero-order chi connectivity index (χ0) is 26.2. The molecule has 0 unspecified atom stereocenters. The largest absolute Gasteiger partial charge is 0.493 e. The van der Waals surface area contributed by atoms with Gasteiger partial charge in [0, 0.05) is 56.0 Å². The summed E-state index contributed by atoms with van der Waals surface area (Å²) in [6.45, 7) is 14.5. The summed E-state index contributed by atoms with van der Waals surface area (Å²) in [5.74, 6) is 2.55. The Morgan fingerprint density at radius 2 is 1.97 bits per heavy atom. The number of rotatable bonds is 12. The zero-order valence-electron chi connectivity index (χ0n) is 21.4. The Labute approximate surface area is 224 Å². The molecule has 0 atom stereocenters. The fourth-order valence-electron chi connectivity index (χ4n) is 3.64. The van der Waals surface area contributed by atoms with Crippen molar-refractivity contribution in [2.24, 2.45) is 4.99 Å². The highest BCUT2D eigenvalue weighted by atomic mass is 35.5. The van der Waals surface area contributed by atoms with Crippen LogP contribution in [0.4, 0.5) is 5.69 Å². The van der Waals surface area contributed by atoms with Gasteiger partial charge in [-0.1, -0.05) is 25.2 Å². The molecule has 2 heterocycles. The summed E-state index contributed by atoms with van der Waals surface area (Å²) in [7, 11) is 1.62. The molecule has 0 bridgehead atoms. The van der Waals surface area contributed by atoms with Gasteiger partial charge in [-0.2, -0.15) is 0 Å². The van der Waals surface area contributed by atoms with Crippen LogP contribution in [0.15, 0.2) is 58.6 Å². The van der Waals surface area contributed by atoms with Crippen LogP contribution in [0, 0.1) is 0 Å². The van der Waals surface area contributed by atoms with Gasteiger partial charge in [0.05, 0.1) is 30.9 Å². The number of allylic oxidation sites excluding steroid dienone is 2. The fourth-order valence-corrected chi connectivity index (χ4v) is 4.61. The van der Waals surface area contributed by atoms with Gasteiger partial charge >= 0.3 is 0 Å². The van der Waals surface area contributed by atoms with Crippen LogP contribution in [-0.2, 0) is 9.53 Å². The van der Waals surface area contributed by atoms with Gasteiger partial charge in [-0.3, -0.25) is 14.7 Å². The van der Waals surface area contributed by atoms with Crippen molar-refractivity contribution in [1.29, 1.82) is 0 Å². The van der Waals surface area contributed by atoms with Crippen LogP contribution >= 0.6 is 23.4 Å². The van der Waals surface area contributed by atoms with Crippen molar-refractivity contribution in [1.82, 2.24) is 4.90 Å². The quantitative estimate of drug-likeness (QED) is 0.209. The monoisotopic (exact) mass is 535 g/mol. The second-order valence-electron chi connectivity index (χ2n) is 7.91. The van der Waals surface area contributed by atoms with Crippen molar-refractivity contribution in [3.8, 4) is 11.5 Å². The number of hydrogen-bond donors (Lipinski definition) is 0. The molecule has 0 N–H and O–H groups in total. The van der Waals surface area contributed by atoms with Gasteiger partial charge < -0.3 is 19.1 Å². The third kappa shape index (κ3) is 9.32. The van der Waals surface area contributed by atoms with E-state index < -0.39 is 0 Å². The first-order chi connectivity index (χ1) is 17.6. The molecule has 0 aromatic heterocycles. The number of morpholine rings is 1. The lowest BCUT2D eigenvalue weighted by Gasteiger charge is -2.29. The minimum atomic E-state index is -0.0448. The number of anilines is 1. The van der Waals surface area contributed by atoms with Gasteiger partial charge in [0.25, 0.3) is 5.91 Å². The van der Waals surface area contributed by atoms with E-state index in [0.717, 1.165) is 56.4 Å². The van der Waals surface area contributed by atoms with Crippen LogP contribution < -0.4 is 14.4 Å². The number of methoxy groups -OCH3 is 1. The van der Waals surface area contributed by atoms with Gasteiger partial charge in [-0.15, -0.1) is 29.9 Å². The lowest BCUT2D eigenvalue weighted by molar-refractivity contribution is -0.114. The summed E-state index contributed by atoms with van der Waals surface area (Å²) in [5, 5.41) is 0. The average Bonchev–Trinajstić information content (AvgIpc) is 2.92. The number of thioether (sulfide) groups is 1. The Bertz CT molecular complexity index is 916. The maximum absolute atomic E-state index is 13.2. The van der Waals surface area contributed by atoms with E-state index in [2.05, 4.69) is 42.3 Å². The van der Waals surface area contributed by atoms with Gasteiger partial charge in [0.2, 0.25) is 0 Å². The molecule has 1 aromatic rings. The molecule has 7 nitrogen and oxygen atoms in total. The van der Waals surface area contributed by atoms with Crippen molar-refractivity contribution in [2.45, 2.75) is 19.8 Å². The summed E-state index contributed by atoms with van der Waals surface area (Å²) in [5.41, 5.74) is 1.56. The minimum absolute atomic E-state index is 0.0448. The fraction of sp³-hybridized carbons (Fsp3) is 0.481. The van der Waals surface area contributed by atoms with Crippen LogP contribution in [0.25, 0.3) is 0 Å². The van der Waals surface area contributed by atoms with E-state index in [4.69, 9.17) is 25.8 Å². The number of ether oxygens (including phenoxy) is 3.